The molecule has 1 aromatic heterocycles. The molecular formula is C12H21N3. The highest BCUT2D eigenvalue weighted by Crippen LogP contribution is 2.07. The van der Waals surface area contributed by atoms with Gasteiger partial charge in [-0.15, -0.1) is 0 Å². The molecule has 0 saturated carbocycles. The third kappa shape index (κ3) is 3.98. The molecule has 0 amide bonds. The monoisotopic (exact) mass is 207 g/mol. The zero-order chi connectivity index (χ0) is 11.3. The molecule has 3 nitrogen and oxygen atoms in total. The predicted molar refractivity (Wildman–Crippen MR) is 63.7 cm³/mol. The van der Waals surface area contributed by atoms with Crippen molar-refractivity contribution in [1.29, 1.82) is 0 Å². The van der Waals surface area contributed by atoms with Gasteiger partial charge in [0, 0.05) is 24.8 Å². The number of pyridine rings is 1. The van der Waals surface area contributed by atoms with Gasteiger partial charge in [0.2, 0.25) is 0 Å². The molecule has 15 heavy (non-hydrogen) atoms. The molecule has 0 aliphatic rings. The number of likely N-dealkylation sites (N-methyl/N-ethyl adjacent to an activating group) is 1. The molecule has 0 aromatic carbocycles. The van der Waals surface area contributed by atoms with Gasteiger partial charge in [0.1, 0.15) is 0 Å². The first-order valence-electron chi connectivity index (χ1n) is 5.30. The molecule has 1 rings (SSSR count). The molecule has 1 heterocycles. The lowest BCUT2D eigenvalue weighted by Gasteiger charge is -2.32. The first-order chi connectivity index (χ1) is 7.02. The summed E-state index contributed by atoms with van der Waals surface area (Å²) in [6, 6.07) is 5.99. The molecule has 0 radical (unpaired) electrons. The molecule has 0 atom stereocenters. The summed E-state index contributed by atoms with van der Waals surface area (Å²) in [7, 11) is 4.20. The van der Waals surface area contributed by atoms with E-state index >= 15 is 0 Å². The van der Waals surface area contributed by atoms with Crippen molar-refractivity contribution >= 4 is 0 Å². The van der Waals surface area contributed by atoms with Gasteiger partial charge in [0.25, 0.3) is 0 Å². The lowest BCUT2D eigenvalue weighted by atomic mass is 10.0. The zero-order valence-electron chi connectivity index (χ0n) is 10.1. The van der Waals surface area contributed by atoms with Crippen LogP contribution in [0.2, 0.25) is 0 Å². The van der Waals surface area contributed by atoms with Gasteiger partial charge >= 0.3 is 0 Å². The Kier molecular flexibility index (Phi) is 4.24. The van der Waals surface area contributed by atoms with Crippen LogP contribution in [0.1, 0.15) is 19.5 Å². The van der Waals surface area contributed by atoms with Crippen molar-refractivity contribution in [3.63, 3.8) is 0 Å². The number of hydrogen-bond acceptors (Lipinski definition) is 3. The largest absolute Gasteiger partial charge is 0.309 e. The van der Waals surface area contributed by atoms with Crippen molar-refractivity contribution < 1.29 is 0 Å². The average molecular weight is 207 g/mol. The van der Waals surface area contributed by atoms with E-state index < -0.39 is 0 Å². The molecule has 1 N–H and O–H groups in total. The van der Waals surface area contributed by atoms with E-state index in [1.165, 1.54) is 0 Å². The van der Waals surface area contributed by atoms with E-state index in [2.05, 4.69) is 43.1 Å². The average Bonchev–Trinajstić information content (AvgIpc) is 2.19. The molecule has 0 fully saturated rings. The van der Waals surface area contributed by atoms with Crippen LogP contribution >= 0.6 is 0 Å². The maximum Gasteiger partial charge on any atom is 0.0541 e. The molecule has 0 spiro atoms. The van der Waals surface area contributed by atoms with Crippen LogP contribution in [0.15, 0.2) is 24.4 Å². The van der Waals surface area contributed by atoms with E-state index in [9.17, 15) is 0 Å². The van der Waals surface area contributed by atoms with Crippen LogP contribution in [0, 0.1) is 0 Å². The van der Waals surface area contributed by atoms with E-state index in [0.717, 1.165) is 18.8 Å². The van der Waals surface area contributed by atoms with Crippen LogP contribution in [0.3, 0.4) is 0 Å². The van der Waals surface area contributed by atoms with Crippen LogP contribution in [0.5, 0.6) is 0 Å². The van der Waals surface area contributed by atoms with E-state index in [-0.39, 0.29) is 5.54 Å². The van der Waals surface area contributed by atoms with Crippen LogP contribution < -0.4 is 5.32 Å². The molecule has 3 heteroatoms. The standard InChI is InChI=1S/C12H21N3/c1-12(2,15(3)4)10-13-9-11-7-5-6-8-14-11/h5-8,13H,9-10H2,1-4H3. The van der Waals surface area contributed by atoms with Crippen LogP contribution in [-0.4, -0.2) is 36.1 Å². The van der Waals surface area contributed by atoms with Crippen molar-refractivity contribution in [3.05, 3.63) is 30.1 Å². The maximum atomic E-state index is 4.27. The SMILES string of the molecule is CN(C)C(C)(C)CNCc1ccccn1. The summed E-state index contributed by atoms with van der Waals surface area (Å²) in [6.07, 6.45) is 1.83. The summed E-state index contributed by atoms with van der Waals surface area (Å²) in [5.74, 6) is 0. The van der Waals surface area contributed by atoms with Gasteiger partial charge in [-0.3, -0.25) is 4.98 Å². The Labute approximate surface area is 92.5 Å². The Morgan fingerprint density at radius 3 is 2.60 bits per heavy atom. The molecule has 0 aliphatic carbocycles. The zero-order valence-corrected chi connectivity index (χ0v) is 10.1. The minimum atomic E-state index is 0.175. The number of nitrogens with one attached hydrogen (secondary N) is 1. The minimum Gasteiger partial charge on any atom is -0.309 e. The third-order valence-electron chi connectivity index (χ3n) is 2.80. The Morgan fingerprint density at radius 1 is 1.33 bits per heavy atom. The van der Waals surface area contributed by atoms with Gasteiger partial charge < -0.3 is 10.2 Å². The highest BCUT2D eigenvalue weighted by atomic mass is 15.2. The summed E-state index contributed by atoms with van der Waals surface area (Å²) < 4.78 is 0. The Balaban J connectivity index is 2.34. The normalized spacial score (nSPS) is 12.1. The van der Waals surface area contributed by atoms with Gasteiger partial charge in [0.05, 0.1) is 5.69 Å². The van der Waals surface area contributed by atoms with E-state index in [1.54, 1.807) is 0 Å². The number of hydrogen-bond donors (Lipinski definition) is 1. The fourth-order valence-electron chi connectivity index (χ4n) is 1.16. The molecule has 0 saturated heterocycles. The summed E-state index contributed by atoms with van der Waals surface area (Å²) >= 11 is 0. The van der Waals surface area contributed by atoms with E-state index in [4.69, 9.17) is 0 Å². The second kappa shape index (κ2) is 5.24. The molecule has 0 bridgehead atoms. The van der Waals surface area contributed by atoms with Gasteiger partial charge in [-0.1, -0.05) is 6.07 Å². The lowest BCUT2D eigenvalue weighted by molar-refractivity contribution is 0.189. The van der Waals surface area contributed by atoms with Crippen LogP contribution in [0.4, 0.5) is 0 Å². The first-order valence-corrected chi connectivity index (χ1v) is 5.30. The van der Waals surface area contributed by atoms with Crippen molar-refractivity contribution in [3.8, 4) is 0 Å². The van der Waals surface area contributed by atoms with E-state index in [0.29, 0.717) is 0 Å². The Bertz CT molecular complexity index is 280. The van der Waals surface area contributed by atoms with Crippen molar-refractivity contribution in [2.75, 3.05) is 20.6 Å². The molecule has 1 aromatic rings. The van der Waals surface area contributed by atoms with E-state index in [1.807, 2.05) is 24.4 Å². The highest BCUT2D eigenvalue weighted by Gasteiger charge is 2.19. The lowest BCUT2D eigenvalue weighted by Crippen LogP contribution is -2.46. The summed E-state index contributed by atoms with van der Waals surface area (Å²) in [6.45, 7) is 6.23. The molecule has 0 aliphatic heterocycles. The maximum absolute atomic E-state index is 4.27. The predicted octanol–water partition coefficient (Wildman–Crippen LogP) is 1.51. The smallest absolute Gasteiger partial charge is 0.0541 e. The second-order valence-electron chi connectivity index (χ2n) is 4.63. The molecule has 84 valence electrons. The van der Waals surface area contributed by atoms with Gasteiger partial charge in [-0.2, -0.15) is 0 Å². The van der Waals surface area contributed by atoms with Crippen molar-refractivity contribution in [2.45, 2.75) is 25.9 Å². The van der Waals surface area contributed by atoms with Crippen molar-refractivity contribution in [1.82, 2.24) is 15.2 Å². The third-order valence-corrected chi connectivity index (χ3v) is 2.80. The highest BCUT2D eigenvalue weighted by molar-refractivity contribution is 5.03. The molecular weight excluding hydrogens is 186 g/mol. The summed E-state index contributed by atoms with van der Waals surface area (Å²) in [4.78, 5) is 6.49. The quantitative estimate of drug-likeness (QED) is 0.793. The fraction of sp³-hybridized carbons (Fsp3) is 0.583. The fourth-order valence-corrected chi connectivity index (χ4v) is 1.16. The topological polar surface area (TPSA) is 28.2 Å². The van der Waals surface area contributed by atoms with Crippen LogP contribution in [-0.2, 0) is 6.54 Å². The summed E-state index contributed by atoms with van der Waals surface area (Å²) in [5, 5.41) is 3.42. The number of nitrogens with zero attached hydrogens (tertiary/aromatic N) is 2. The van der Waals surface area contributed by atoms with Crippen LogP contribution in [0.25, 0.3) is 0 Å². The summed E-state index contributed by atoms with van der Waals surface area (Å²) in [5.41, 5.74) is 1.27. The van der Waals surface area contributed by atoms with Gasteiger partial charge in [0.15, 0.2) is 0 Å². The second-order valence-corrected chi connectivity index (χ2v) is 4.63. The van der Waals surface area contributed by atoms with Gasteiger partial charge in [-0.25, -0.2) is 0 Å². The Morgan fingerprint density at radius 2 is 2.07 bits per heavy atom. The first kappa shape index (κ1) is 12.1. The number of aromatic nitrogens is 1. The Hall–Kier alpha value is -0.930. The van der Waals surface area contributed by atoms with Gasteiger partial charge in [-0.05, 0) is 40.1 Å². The minimum absolute atomic E-state index is 0.175. The molecule has 0 unspecified atom stereocenters. The number of rotatable bonds is 5. The van der Waals surface area contributed by atoms with Crippen molar-refractivity contribution in [2.24, 2.45) is 0 Å².